The van der Waals surface area contributed by atoms with Gasteiger partial charge in [-0.3, -0.25) is 0 Å². The van der Waals surface area contributed by atoms with E-state index in [2.05, 4.69) is 15.3 Å². The van der Waals surface area contributed by atoms with Crippen molar-refractivity contribution in [2.24, 2.45) is 0 Å². The van der Waals surface area contributed by atoms with Gasteiger partial charge in [-0.15, -0.1) is 0 Å². The molecule has 0 aliphatic carbocycles. The fraction of sp³-hybridized carbons (Fsp3) is 0.632. The molecule has 1 aliphatic heterocycles. The van der Waals surface area contributed by atoms with Crippen LogP contribution in [0.15, 0.2) is 17.9 Å². The van der Waals surface area contributed by atoms with Crippen LogP contribution >= 0.6 is 0 Å². The zero-order valence-corrected chi connectivity index (χ0v) is 18.2. The minimum absolute atomic E-state index is 0.00718. The Hall–Kier alpha value is -2.14. The second-order valence-electron chi connectivity index (χ2n) is 9.00. The molecular weight excluding hydrogens is 402 g/mol. The maximum Gasteiger partial charge on any atom is 0.492 e. The number of alkyl halides is 3. The molecule has 1 aromatic rings. The molecule has 166 valence electrons. The van der Waals surface area contributed by atoms with Gasteiger partial charge in [0.2, 0.25) is 5.82 Å². The lowest BCUT2D eigenvalue weighted by Gasteiger charge is -2.32. The highest BCUT2D eigenvalue weighted by molar-refractivity contribution is 6.56. The summed E-state index contributed by atoms with van der Waals surface area (Å²) < 4.78 is 55.3. The van der Waals surface area contributed by atoms with E-state index in [4.69, 9.17) is 14.0 Å². The van der Waals surface area contributed by atoms with Crippen LogP contribution < -0.4 is 5.32 Å². The van der Waals surface area contributed by atoms with E-state index in [9.17, 15) is 18.0 Å². The van der Waals surface area contributed by atoms with E-state index >= 15 is 0 Å². The third-order valence-electron chi connectivity index (χ3n) is 4.67. The van der Waals surface area contributed by atoms with Gasteiger partial charge in [0.15, 0.2) is 0 Å². The van der Waals surface area contributed by atoms with Crippen LogP contribution in [0, 0.1) is 0 Å². The Kier molecular flexibility index (Phi) is 6.58. The standard InChI is InChI=1S/C19H27BF3N3O4/c1-16(2,3)28-15(27)26-11-13(20-29-17(4,5)18(6,7)30-20)8-12-9-24-14(25-10-12)19(21,22)23/h8-10H,11H2,1-7H3,(H,26,27). The molecule has 1 aliphatic rings. The lowest BCUT2D eigenvalue weighted by Crippen LogP contribution is -2.41. The average molecular weight is 429 g/mol. The molecular formula is C19H27BF3N3O4. The Balaban J connectivity index is 2.27. The number of carbonyl (C=O) groups excluding carboxylic acids is 1. The summed E-state index contributed by atoms with van der Waals surface area (Å²) in [7, 11) is -0.827. The molecule has 2 rings (SSSR count). The van der Waals surface area contributed by atoms with Crippen molar-refractivity contribution < 1.29 is 32.0 Å². The minimum Gasteiger partial charge on any atom is -0.444 e. The van der Waals surface area contributed by atoms with Gasteiger partial charge in [0.05, 0.1) is 11.2 Å². The fourth-order valence-corrected chi connectivity index (χ4v) is 2.46. The number of hydrogen-bond acceptors (Lipinski definition) is 6. The first-order chi connectivity index (χ1) is 13.5. The molecule has 0 bridgehead atoms. The van der Waals surface area contributed by atoms with Gasteiger partial charge in [-0.2, -0.15) is 13.2 Å². The van der Waals surface area contributed by atoms with Crippen molar-refractivity contribution in [3.63, 3.8) is 0 Å². The molecule has 1 saturated heterocycles. The number of carbonyl (C=O) groups is 1. The number of nitrogens with one attached hydrogen (secondary N) is 1. The zero-order chi connectivity index (χ0) is 23.0. The van der Waals surface area contributed by atoms with Crippen molar-refractivity contribution in [2.45, 2.75) is 71.4 Å². The minimum atomic E-state index is -4.63. The molecule has 7 nitrogen and oxygen atoms in total. The molecule has 1 fully saturated rings. The van der Waals surface area contributed by atoms with Gasteiger partial charge in [-0.25, -0.2) is 14.8 Å². The van der Waals surface area contributed by atoms with Crippen molar-refractivity contribution in [3.8, 4) is 0 Å². The van der Waals surface area contributed by atoms with E-state index < -0.39 is 42.0 Å². The van der Waals surface area contributed by atoms with Gasteiger partial charge in [0, 0.05) is 24.5 Å². The van der Waals surface area contributed by atoms with Crippen LogP contribution in [0.25, 0.3) is 6.08 Å². The SMILES string of the molecule is CC(C)(C)OC(=O)NCC(=Cc1cnc(C(F)(F)F)nc1)B1OC(C)(C)C(C)(C)O1. The van der Waals surface area contributed by atoms with Crippen molar-refractivity contribution >= 4 is 19.3 Å². The second kappa shape index (κ2) is 8.18. The summed E-state index contributed by atoms with van der Waals surface area (Å²) in [4.78, 5) is 18.8. The van der Waals surface area contributed by atoms with Gasteiger partial charge in [-0.1, -0.05) is 6.08 Å². The molecule has 0 unspecified atom stereocenters. The van der Waals surface area contributed by atoms with Crippen LogP contribution in [0.5, 0.6) is 0 Å². The summed E-state index contributed by atoms with van der Waals surface area (Å²) >= 11 is 0. The molecule has 30 heavy (non-hydrogen) atoms. The normalized spacial score (nSPS) is 19.0. The Morgan fingerprint density at radius 2 is 1.63 bits per heavy atom. The lowest BCUT2D eigenvalue weighted by atomic mass is 9.77. The number of hydrogen-bond donors (Lipinski definition) is 1. The summed E-state index contributed by atoms with van der Waals surface area (Å²) in [5, 5.41) is 2.62. The van der Waals surface area contributed by atoms with Crippen LogP contribution in [0.4, 0.5) is 18.0 Å². The van der Waals surface area contributed by atoms with Crippen molar-refractivity contribution in [2.75, 3.05) is 6.54 Å². The van der Waals surface area contributed by atoms with Crippen molar-refractivity contribution in [1.29, 1.82) is 0 Å². The molecule has 0 radical (unpaired) electrons. The topological polar surface area (TPSA) is 82.6 Å². The van der Waals surface area contributed by atoms with Crippen LogP contribution in [0.3, 0.4) is 0 Å². The quantitative estimate of drug-likeness (QED) is 0.728. The highest BCUT2D eigenvalue weighted by atomic mass is 19.4. The van der Waals surface area contributed by atoms with Gasteiger partial charge >= 0.3 is 19.4 Å². The van der Waals surface area contributed by atoms with Crippen molar-refractivity contribution in [1.82, 2.24) is 15.3 Å². The molecule has 0 aromatic carbocycles. The van der Waals surface area contributed by atoms with E-state index in [1.807, 2.05) is 27.7 Å². The Morgan fingerprint density at radius 3 is 2.07 bits per heavy atom. The van der Waals surface area contributed by atoms with E-state index in [0.717, 1.165) is 12.4 Å². The van der Waals surface area contributed by atoms with E-state index in [-0.39, 0.29) is 6.54 Å². The first kappa shape index (κ1) is 24.1. The van der Waals surface area contributed by atoms with E-state index in [1.165, 1.54) is 6.08 Å². The third-order valence-corrected chi connectivity index (χ3v) is 4.67. The Morgan fingerprint density at radius 1 is 1.13 bits per heavy atom. The van der Waals surface area contributed by atoms with E-state index in [1.54, 1.807) is 20.8 Å². The molecule has 0 atom stereocenters. The van der Waals surface area contributed by atoms with Gasteiger partial charge < -0.3 is 19.4 Å². The first-order valence-corrected chi connectivity index (χ1v) is 9.42. The number of aromatic nitrogens is 2. The molecule has 1 aromatic heterocycles. The molecule has 0 spiro atoms. The monoisotopic (exact) mass is 429 g/mol. The number of rotatable bonds is 4. The van der Waals surface area contributed by atoms with Gasteiger partial charge in [-0.05, 0) is 53.9 Å². The predicted octanol–water partition coefficient (Wildman–Crippen LogP) is 4.03. The first-order valence-electron chi connectivity index (χ1n) is 9.42. The number of nitrogens with zero attached hydrogens (tertiary/aromatic N) is 2. The summed E-state index contributed by atoms with van der Waals surface area (Å²) in [6, 6.07) is 0. The molecule has 0 saturated carbocycles. The second-order valence-corrected chi connectivity index (χ2v) is 9.00. The number of amides is 1. The highest BCUT2D eigenvalue weighted by Gasteiger charge is 2.52. The smallest absolute Gasteiger partial charge is 0.444 e. The summed E-state index contributed by atoms with van der Waals surface area (Å²) in [6.45, 7) is 12.7. The Bertz CT molecular complexity index is 787. The van der Waals surface area contributed by atoms with Crippen molar-refractivity contribution in [3.05, 3.63) is 29.3 Å². The van der Waals surface area contributed by atoms with Crippen LogP contribution in [0.2, 0.25) is 0 Å². The largest absolute Gasteiger partial charge is 0.492 e. The van der Waals surface area contributed by atoms with Crippen LogP contribution in [-0.2, 0) is 20.2 Å². The maximum atomic E-state index is 12.7. The zero-order valence-electron chi connectivity index (χ0n) is 18.2. The lowest BCUT2D eigenvalue weighted by molar-refractivity contribution is -0.145. The number of alkyl carbamates (subject to hydrolysis) is 1. The summed E-state index contributed by atoms with van der Waals surface area (Å²) in [6.07, 6.45) is -1.65. The predicted molar refractivity (Wildman–Crippen MR) is 105 cm³/mol. The molecule has 1 N–H and O–H groups in total. The van der Waals surface area contributed by atoms with Crippen LogP contribution in [-0.4, -0.2) is 46.5 Å². The highest BCUT2D eigenvalue weighted by Crippen LogP contribution is 2.38. The van der Waals surface area contributed by atoms with E-state index in [0.29, 0.717) is 11.0 Å². The van der Waals surface area contributed by atoms with Gasteiger partial charge in [0.1, 0.15) is 5.60 Å². The fourth-order valence-electron chi connectivity index (χ4n) is 2.46. The summed E-state index contributed by atoms with van der Waals surface area (Å²) in [5.74, 6) is -1.23. The third kappa shape index (κ3) is 6.18. The summed E-state index contributed by atoms with van der Waals surface area (Å²) in [5.41, 5.74) is -1.18. The van der Waals surface area contributed by atoms with Crippen LogP contribution in [0.1, 0.15) is 59.9 Å². The molecule has 1 amide bonds. The number of halogens is 3. The maximum absolute atomic E-state index is 12.7. The average Bonchev–Trinajstić information content (AvgIpc) is 2.77. The Labute approximate surface area is 174 Å². The molecule has 11 heteroatoms. The number of ether oxygens (including phenoxy) is 1. The van der Waals surface area contributed by atoms with Gasteiger partial charge in [0.25, 0.3) is 0 Å². The molecule has 2 heterocycles.